The fourth-order valence-corrected chi connectivity index (χ4v) is 4.08. The Bertz CT molecular complexity index is 501. The Balaban J connectivity index is 0.000000774. The minimum Gasteiger partial charge on any atom is -0.400 e. The Morgan fingerprint density at radius 1 is 1.29 bits per heavy atom. The largest absolute Gasteiger partial charge is 0.400 e. The lowest BCUT2D eigenvalue weighted by Crippen LogP contribution is -2.31. The highest BCUT2D eigenvalue weighted by Crippen LogP contribution is 2.39. The second-order valence-electron chi connectivity index (χ2n) is 5.30. The summed E-state index contributed by atoms with van der Waals surface area (Å²) in [5.41, 5.74) is 1.30. The summed E-state index contributed by atoms with van der Waals surface area (Å²) in [5.74, 6) is 1.83. The molecule has 0 saturated carbocycles. The standard InChI is InChI=1S/C16H19NOS.CH4O/c1-17-15(10-13-8-5-9-19-13)14(11-16(17)18)12-6-3-2-4-7-12;1-2/h2-4,6-8,14-15H,5,9-11H2,1H3;2H,1H3/t14?,15-;/m0./s1. The average molecular weight is 305 g/mol. The maximum atomic E-state index is 12.0. The molecule has 1 saturated heterocycles. The maximum absolute atomic E-state index is 12.0. The quantitative estimate of drug-likeness (QED) is 0.933. The van der Waals surface area contributed by atoms with E-state index in [1.807, 2.05) is 29.8 Å². The first-order valence-corrected chi connectivity index (χ1v) is 8.31. The van der Waals surface area contributed by atoms with E-state index < -0.39 is 0 Å². The van der Waals surface area contributed by atoms with Crippen LogP contribution in [0.5, 0.6) is 0 Å². The van der Waals surface area contributed by atoms with Gasteiger partial charge in [0.15, 0.2) is 0 Å². The molecule has 1 fully saturated rings. The van der Waals surface area contributed by atoms with Gasteiger partial charge in [-0.1, -0.05) is 36.4 Å². The van der Waals surface area contributed by atoms with Crippen LogP contribution in [0.2, 0.25) is 0 Å². The fourth-order valence-electron chi connectivity index (χ4n) is 3.06. The molecule has 0 aliphatic carbocycles. The zero-order chi connectivity index (χ0) is 15.2. The molecule has 1 aromatic carbocycles. The van der Waals surface area contributed by atoms with E-state index in [-0.39, 0.29) is 5.91 Å². The van der Waals surface area contributed by atoms with E-state index in [2.05, 4.69) is 30.3 Å². The van der Waals surface area contributed by atoms with Crippen LogP contribution in [0.25, 0.3) is 0 Å². The van der Waals surface area contributed by atoms with E-state index in [1.54, 1.807) is 0 Å². The summed E-state index contributed by atoms with van der Waals surface area (Å²) in [7, 11) is 2.95. The number of hydrogen-bond donors (Lipinski definition) is 1. The Morgan fingerprint density at radius 2 is 2.00 bits per heavy atom. The van der Waals surface area contributed by atoms with Crippen molar-refractivity contribution >= 4 is 17.7 Å². The predicted molar refractivity (Wildman–Crippen MR) is 88.3 cm³/mol. The second-order valence-corrected chi connectivity index (χ2v) is 6.53. The van der Waals surface area contributed by atoms with E-state index in [0.29, 0.717) is 18.4 Å². The molecule has 0 spiro atoms. The molecule has 2 heterocycles. The zero-order valence-corrected chi connectivity index (χ0v) is 13.5. The SMILES string of the molecule is CN1C(=O)CC(c2ccccc2)[C@@H]1CC1=CCCS1.CO. The number of thioether (sulfide) groups is 1. The van der Waals surface area contributed by atoms with Crippen LogP contribution >= 0.6 is 11.8 Å². The van der Waals surface area contributed by atoms with Gasteiger partial charge in [-0.2, -0.15) is 0 Å². The molecule has 0 aromatic heterocycles. The Kier molecular flexibility index (Phi) is 5.88. The van der Waals surface area contributed by atoms with Crippen LogP contribution in [0, 0.1) is 0 Å². The summed E-state index contributed by atoms with van der Waals surface area (Å²) < 4.78 is 0. The minimum absolute atomic E-state index is 0.280. The van der Waals surface area contributed by atoms with Crippen molar-refractivity contribution in [3.63, 3.8) is 0 Å². The summed E-state index contributed by atoms with van der Waals surface area (Å²) in [5, 5.41) is 7.00. The molecule has 2 aliphatic rings. The minimum atomic E-state index is 0.280. The number of allylic oxidation sites excluding steroid dienone is 1. The summed E-state index contributed by atoms with van der Waals surface area (Å²) in [6.07, 6.45) is 5.19. The number of likely N-dealkylation sites (tertiary alicyclic amines) is 1. The van der Waals surface area contributed by atoms with Crippen molar-refractivity contribution in [3.05, 3.63) is 46.9 Å². The number of carbonyl (C=O) groups excluding carboxylic acids is 1. The molecule has 1 aromatic rings. The number of aliphatic hydroxyl groups excluding tert-OH is 1. The molecular formula is C17H23NO2S. The van der Waals surface area contributed by atoms with E-state index in [9.17, 15) is 4.79 Å². The van der Waals surface area contributed by atoms with E-state index in [1.165, 1.54) is 22.6 Å². The first-order chi connectivity index (χ1) is 10.3. The smallest absolute Gasteiger partial charge is 0.223 e. The van der Waals surface area contributed by atoms with Gasteiger partial charge in [-0.3, -0.25) is 4.79 Å². The van der Waals surface area contributed by atoms with Crippen LogP contribution < -0.4 is 0 Å². The molecule has 1 unspecified atom stereocenters. The van der Waals surface area contributed by atoms with Crippen molar-refractivity contribution < 1.29 is 9.90 Å². The summed E-state index contributed by atoms with van der Waals surface area (Å²) >= 11 is 1.95. The van der Waals surface area contributed by atoms with Crippen LogP contribution in [0.4, 0.5) is 0 Å². The van der Waals surface area contributed by atoms with Crippen molar-refractivity contribution in [2.45, 2.75) is 31.2 Å². The van der Waals surface area contributed by atoms with Crippen molar-refractivity contribution in [3.8, 4) is 0 Å². The number of benzene rings is 1. The van der Waals surface area contributed by atoms with E-state index >= 15 is 0 Å². The van der Waals surface area contributed by atoms with Gasteiger partial charge in [0.05, 0.1) is 0 Å². The normalized spacial score (nSPS) is 24.6. The lowest BCUT2D eigenvalue weighted by Gasteiger charge is -2.25. The van der Waals surface area contributed by atoms with Gasteiger partial charge < -0.3 is 10.0 Å². The van der Waals surface area contributed by atoms with Crippen molar-refractivity contribution in [1.82, 2.24) is 4.90 Å². The first-order valence-electron chi connectivity index (χ1n) is 7.33. The van der Waals surface area contributed by atoms with Gasteiger partial charge in [0.25, 0.3) is 0 Å². The highest BCUT2D eigenvalue weighted by atomic mass is 32.2. The zero-order valence-electron chi connectivity index (χ0n) is 12.7. The molecule has 3 nitrogen and oxygen atoms in total. The van der Waals surface area contributed by atoms with Crippen LogP contribution in [0.3, 0.4) is 0 Å². The van der Waals surface area contributed by atoms with Gasteiger partial charge in [0.1, 0.15) is 0 Å². The van der Waals surface area contributed by atoms with Gasteiger partial charge in [-0.05, 0) is 23.3 Å². The molecule has 3 rings (SSSR count). The molecule has 2 atom stereocenters. The maximum Gasteiger partial charge on any atom is 0.223 e. The van der Waals surface area contributed by atoms with Crippen LogP contribution in [-0.4, -0.2) is 41.9 Å². The average Bonchev–Trinajstić information content (AvgIpc) is 3.14. The molecule has 0 radical (unpaired) electrons. The van der Waals surface area contributed by atoms with Crippen molar-refractivity contribution in [2.24, 2.45) is 0 Å². The lowest BCUT2D eigenvalue weighted by molar-refractivity contribution is -0.127. The molecule has 4 heteroatoms. The van der Waals surface area contributed by atoms with Crippen molar-refractivity contribution in [1.29, 1.82) is 0 Å². The van der Waals surface area contributed by atoms with Gasteiger partial charge in [-0.25, -0.2) is 0 Å². The van der Waals surface area contributed by atoms with Crippen molar-refractivity contribution in [2.75, 3.05) is 19.9 Å². The summed E-state index contributed by atoms with van der Waals surface area (Å²) in [6.45, 7) is 0. The third-order valence-electron chi connectivity index (χ3n) is 4.17. The number of carbonyl (C=O) groups is 1. The first kappa shape index (κ1) is 16.1. The van der Waals surface area contributed by atoms with E-state index in [0.717, 1.165) is 13.5 Å². The second kappa shape index (κ2) is 7.66. The van der Waals surface area contributed by atoms with Gasteiger partial charge in [0, 0.05) is 38.3 Å². The van der Waals surface area contributed by atoms with Crippen LogP contribution in [0.15, 0.2) is 41.3 Å². The lowest BCUT2D eigenvalue weighted by atomic mass is 9.90. The van der Waals surface area contributed by atoms with Gasteiger partial charge >= 0.3 is 0 Å². The van der Waals surface area contributed by atoms with E-state index in [4.69, 9.17) is 5.11 Å². The third-order valence-corrected chi connectivity index (χ3v) is 5.31. The van der Waals surface area contributed by atoms with Crippen LogP contribution in [0.1, 0.15) is 30.7 Å². The molecule has 1 amide bonds. The number of hydrogen-bond acceptors (Lipinski definition) is 3. The molecule has 114 valence electrons. The highest BCUT2D eigenvalue weighted by Gasteiger charge is 2.38. The van der Waals surface area contributed by atoms with Gasteiger partial charge in [0.2, 0.25) is 5.91 Å². The highest BCUT2D eigenvalue weighted by molar-refractivity contribution is 8.03. The Morgan fingerprint density at radius 3 is 2.62 bits per heavy atom. The molecule has 1 N–H and O–H groups in total. The number of rotatable bonds is 3. The third kappa shape index (κ3) is 3.69. The Hall–Kier alpha value is -1.26. The molecular weight excluding hydrogens is 282 g/mol. The van der Waals surface area contributed by atoms with Gasteiger partial charge in [-0.15, -0.1) is 11.8 Å². The number of likely N-dealkylation sites (N-methyl/N-ethyl adjacent to an activating group) is 1. The van der Waals surface area contributed by atoms with Crippen LogP contribution in [-0.2, 0) is 4.79 Å². The number of amides is 1. The molecule has 21 heavy (non-hydrogen) atoms. The molecule has 2 aliphatic heterocycles. The summed E-state index contributed by atoms with van der Waals surface area (Å²) in [4.78, 5) is 15.5. The summed E-state index contributed by atoms with van der Waals surface area (Å²) in [6, 6.07) is 10.8. The number of aliphatic hydroxyl groups is 1. The Labute approximate surface area is 131 Å². The number of nitrogens with zero attached hydrogens (tertiary/aromatic N) is 1. The fraction of sp³-hybridized carbons (Fsp3) is 0.471. The monoisotopic (exact) mass is 305 g/mol. The predicted octanol–water partition coefficient (Wildman–Crippen LogP) is 3.02. The molecule has 0 bridgehead atoms. The topological polar surface area (TPSA) is 40.5 Å².